The van der Waals surface area contributed by atoms with Gasteiger partial charge in [0.05, 0.1) is 12.9 Å². The van der Waals surface area contributed by atoms with Crippen LogP contribution >= 0.6 is 0 Å². The highest BCUT2D eigenvalue weighted by Crippen LogP contribution is 2.42. The molecule has 5 atom stereocenters. The van der Waals surface area contributed by atoms with Gasteiger partial charge in [-0.3, -0.25) is 4.18 Å². The van der Waals surface area contributed by atoms with Crippen LogP contribution in [0.3, 0.4) is 0 Å². The van der Waals surface area contributed by atoms with Gasteiger partial charge >= 0.3 is 0 Å². The zero-order valence-electron chi connectivity index (χ0n) is 13.3. The Morgan fingerprint density at radius 2 is 1.68 bits per heavy atom. The molecule has 3 rings (SSSR count). The monoisotopic (exact) mass is 338 g/mol. The van der Waals surface area contributed by atoms with E-state index in [1.807, 2.05) is 0 Å². The molecule has 0 spiro atoms. The molecule has 0 bridgehead atoms. The van der Waals surface area contributed by atoms with Crippen molar-refractivity contribution < 1.29 is 36.3 Å². The van der Waals surface area contributed by atoms with Gasteiger partial charge in [0.25, 0.3) is 10.1 Å². The molecule has 0 N–H and O–H groups in total. The van der Waals surface area contributed by atoms with Crippen molar-refractivity contribution in [1.82, 2.24) is 0 Å². The van der Waals surface area contributed by atoms with E-state index in [1.165, 1.54) is 0 Å². The smallest absolute Gasteiger partial charge is 0.264 e. The van der Waals surface area contributed by atoms with Crippen molar-refractivity contribution in [2.24, 2.45) is 0 Å². The maximum Gasteiger partial charge on any atom is 0.264 e. The van der Waals surface area contributed by atoms with E-state index in [1.54, 1.807) is 27.7 Å². The van der Waals surface area contributed by atoms with Crippen molar-refractivity contribution >= 4 is 10.1 Å². The largest absolute Gasteiger partial charge is 0.348 e. The Morgan fingerprint density at radius 3 is 2.23 bits per heavy atom. The number of hydrogen-bond acceptors (Lipinski definition) is 8. The molecule has 0 unspecified atom stereocenters. The Bertz CT molecular complexity index is 542. The molecule has 0 radical (unpaired) electrons. The van der Waals surface area contributed by atoms with Crippen molar-refractivity contribution in [2.45, 2.75) is 70.0 Å². The lowest BCUT2D eigenvalue weighted by Gasteiger charge is -2.28. The Kier molecular flexibility index (Phi) is 3.84. The molecule has 128 valence electrons. The molecule has 3 saturated heterocycles. The fraction of sp³-hybridized carbons (Fsp3) is 1.00. The Balaban J connectivity index is 1.81. The van der Waals surface area contributed by atoms with Gasteiger partial charge in [-0.15, -0.1) is 0 Å². The zero-order chi connectivity index (χ0) is 16.3. The molecule has 22 heavy (non-hydrogen) atoms. The topological polar surface area (TPSA) is 89.5 Å². The minimum atomic E-state index is -3.69. The highest BCUT2D eigenvalue weighted by atomic mass is 32.2. The van der Waals surface area contributed by atoms with Crippen LogP contribution in [0.2, 0.25) is 0 Å². The Hall–Kier alpha value is -0.290. The normalized spacial score (nSPS) is 43.4. The first-order chi connectivity index (χ1) is 9.96. The van der Waals surface area contributed by atoms with E-state index in [0.29, 0.717) is 0 Å². The number of rotatable bonds is 3. The fourth-order valence-corrected chi connectivity index (χ4v) is 3.61. The summed E-state index contributed by atoms with van der Waals surface area (Å²) in [5.41, 5.74) is 0. The first-order valence-corrected chi connectivity index (χ1v) is 8.99. The maximum atomic E-state index is 11.6. The number of ether oxygens (including phenoxy) is 5. The van der Waals surface area contributed by atoms with Gasteiger partial charge in [-0.25, -0.2) is 0 Å². The summed E-state index contributed by atoms with van der Waals surface area (Å²) in [7, 11) is -3.69. The molecule has 3 aliphatic heterocycles. The molecule has 0 aromatic carbocycles. The third-order valence-electron chi connectivity index (χ3n) is 3.71. The van der Waals surface area contributed by atoms with Crippen molar-refractivity contribution in [1.29, 1.82) is 0 Å². The predicted octanol–water partition coefficient (Wildman–Crippen LogP) is 0.359. The third-order valence-corrected chi connectivity index (χ3v) is 4.28. The van der Waals surface area contributed by atoms with Crippen LogP contribution in [0.25, 0.3) is 0 Å². The summed E-state index contributed by atoms with van der Waals surface area (Å²) in [5, 5.41) is 0. The third kappa shape index (κ3) is 3.30. The van der Waals surface area contributed by atoms with Crippen LogP contribution in [-0.4, -0.2) is 63.6 Å². The standard InChI is InChI=1S/C13H22O8S/c1-12(2)16-6-7(18-12)8-9(21-22(5,14)15)10-11(17-8)20-13(3,4)19-10/h7-11H,6H2,1-5H3/t7-,8-,9+,10-,11-/m0/s1. The minimum absolute atomic E-state index is 0.282. The average Bonchev–Trinajstić information content (AvgIpc) is 2.89. The summed E-state index contributed by atoms with van der Waals surface area (Å²) in [4.78, 5) is 0. The molecular weight excluding hydrogens is 316 g/mol. The average molecular weight is 338 g/mol. The van der Waals surface area contributed by atoms with Crippen molar-refractivity contribution in [2.75, 3.05) is 12.9 Å². The summed E-state index contributed by atoms with van der Waals surface area (Å²) >= 11 is 0. The van der Waals surface area contributed by atoms with Gasteiger partial charge < -0.3 is 23.7 Å². The molecule has 8 nitrogen and oxygen atoms in total. The molecule has 0 saturated carbocycles. The summed E-state index contributed by atoms with van der Waals surface area (Å²) in [6.07, 6.45) is -2.29. The van der Waals surface area contributed by atoms with E-state index in [4.69, 9.17) is 27.9 Å². The first-order valence-electron chi connectivity index (χ1n) is 7.17. The lowest BCUT2D eigenvalue weighted by molar-refractivity contribution is -0.230. The molecule has 0 aliphatic carbocycles. The second-order valence-electron chi connectivity index (χ2n) is 6.70. The van der Waals surface area contributed by atoms with E-state index in [2.05, 4.69) is 0 Å². The predicted molar refractivity (Wildman–Crippen MR) is 73.3 cm³/mol. The van der Waals surface area contributed by atoms with Gasteiger partial charge in [0.1, 0.15) is 24.4 Å². The summed E-state index contributed by atoms with van der Waals surface area (Å²) < 4.78 is 56.8. The van der Waals surface area contributed by atoms with Crippen molar-refractivity contribution in [3.05, 3.63) is 0 Å². The minimum Gasteiger partial charge on any atom is -0.348 e. The van der Waals surface area contributed by atoms with Gasteiger partial charge in [0.2, 0.25) is 0 Å². The summed E-state index contributed by atoms with van der Waals surface area (Å²) in [5.74, 6) is -1.60. The Labute approximate surface area is 130 Å². The molecular formula is C13H22O8S. The maximum absolute atomic E-state index is 11.6. The van der Waals surface area contributed by atoms with E-state index in [9.17, 15) is 8.42 Å². The van der Waals surface area contributed by atoms with E-state index < -0.39 is 52.4 Å². The van der Waals surface area contributed by atoms with E-state index in [-0.39, 0.29) is 6.61 Å². The fourth-order valence-electron chi connectivity index (χ4n) is 2.99. The van der Waals surface area contributed by atoms with Crippen molar-refractivity contribution in [3.63, 3.8) is 0 Å². The molecule has 3 fully saturated rings. The second kappa shape index (κ2) is 5.10. The van der Waals surface area contributed by atoms with Gasteiger partial charge in [0.15, 0.2) is 17.9 Å². The SMILES string of the molecule is CC1(C)O[C@@H]2O[C@@H]([C@@H]3COC(C)(C)O3)[C@@H](OS(C)(=O)=O)[C@@H]2O1. The molecule has 3 heterocycles. The van der Waals surface area contributed by atoms with Crippen LogP contribution in [0.1, 0.15) is 27.7 Å². The van der Waals surface area contributed by atoms with Crippen molar-refractivity contribution in [3.8, 4) is 0 Å². The number of hydrogen-bond donors (Lipinski definition) is 0. The van der Waals surface area contributed by atoms with E-state index in [0.717, 1.165) is 6.26 Å². The van der Waals surface area contributed by atoms with Gasteiger partial charge in [-0.05, 0) is 27.7 Å². The van der Waals surface area contributed by atoms with Gasteiger partial charge in [-0.1, -0.05) is 0 Å². The van der Waals surface area contributed by atoms with Crippen LogP contribution in [0.5, 0.6) is 0 Å². The molecule has 0 amide bonds. The van der Waals surface area contributed by atoms with Crippen LogP contribution in [0.15, 0.2) is 0 Å². The van der Waals surface area contributed by atoms with Crippen LogP contribution < -0.4 is 0 Å². The van der Waals surface area contributed by atoms with E-state index >= 15 is 0 Å². The van der Waals surface area contributed by atoms with Crippen LogP contribution in [0.4, 0.5) is 0 Å². The molecule has 0 aromatic heterocycles. The number of fused-ring (bicyclic) bond motifs is 1. The molecule has 0 aromatic rings. The van der Waals surface area contributed by atoms with Gasteiger partial charge in [0, 0.05) is 0 Å². The highest BCUT2D eigenvalue weighted by Gasteiger charge is 2.59. The summed E-state index contributed by atoms with van der Waals surface area (Å²) in [6.45, 7) is 7.32. The second-order valence-corrected chi connectivity index (χ2v) is 8.30. The molecule has 3 aliphatic rings. The Morgan fingerprint density at radius 1 is 1.00 bits per heavy atom. The van der Waals surface area contributed by atoms with Crippen LogP contribution in [0, 0.1) is 0 Å². The highest BCUT2D eigenvalue weighted by molar-refractivity contribution is 7.86. The zero-order valence-corrected chi connectivity index (χ0v) is 14.1. The van der Waals surface area contributed by atoms with Crippen LogP contribution in [-0.2, 0) is 38.0 Å². The quantitative estimate of drug-likeness (QED) is 0.682. The lowest BCUT2D eigenvalue weighted by Crippen LogP contribution is -2.45. The summed E-state index contributed by atoms with van der Waals surface area (Å²) in [6, 6.07) is 0. The molecule has 9 heteroatoms. The van der Waals surface area contributed by atoms with Gasteiger partial charge in [-0.2, -0.15) is 8.42 Å². The first kappa shape index (κ1) is 16.6. The lowest BCUT2D eigenvalue weighted by atomic mass is 10.1.